The van der Waals surface area contributed by atoms with E-state index in [1.54, 1.807) is 11.3 Å². The number of imidazole rings is 1. The summed E-state index contributed by atoms with van der Waals surface area (Å²) in [6, 6.07) is 4.16. The molecule has 1 aliphatic heterocycles. The maximum Gasteiger partial charge on any atom is 0.274 e. The molecule has 1 aliphatic rings. The van der Waals surface area contributed by atoms with Gasteiger partial charge in [0.2, 0.25) is 0 Å². The summed E-state index contributed by atoms with van der Waals surface area (Å²) in [7, 11) is 0. The number of hydrogen-bond acceptors (Lipinski definition) is 5. The van der Waals surface area contributed by atoms with Gasteiger partial charge in [-0.3, -0.25) is 4.79 Å². The van der Waals surface area contributed by atoms with Gasteiger partial charge in [0, 0.05) is 36.8 Å². The molecule has 1 fully saturated rings. The lowest BCUT2D eigenvalue weighted by Gasteiger charge is -2.26. The summed E-state index contributed by atoms with van der Waals surface area (Å²) >= 11 is 1.72. The van der Waals surface area contributed by atoms with Gasteiger partial charge in [-0.2, -0.15) is 0 Å². The van der Waals surface area contributed by atoms with Crippen LogP contribution < -0.4 is 5.32 Å². The minimum atomic E-state index is 0.0536. The molecular formula is C22H29N5OS. The van der Waals surface area contributed by atoms with Gasteiger partial charge in [0.25, 0.3) is 5.91 Å². The number of aromatic nitrogens is 3. The number of carbonyl (C=O) groups excluding carboxylic acids is 1. The third-order valence-corrected chi connectivity index (χ3v) is 6.62. The predicted octanol–water partition coefficient (Wildman–Crippen LogP) is 4.19. The molecule has 1 amide bonds. The molecule has 0 aliphatic carbocycles. The van der Waals surface area contributed by atoms with Gasteiger partial charge in [-0.1, -0.05) is 6.07 Å². The lowest BCUT2D eigenvalue weighted by Crippen LogP contribution is -2.36. The summed E-state index contributed by atoms with van der Waals surface area (Å²) in [5.41, 5.74) is 4.52. The van der Waals surface area contributed by atoms with Gasteiger partial charge in [0.05, 0.1) is 16.4 Å². The van der Waals surface area contributed by atoms with E-state index in [1.165, 1.54) is 11.3 Å². The van der Waals surface area contributed by atoms with Gasteiger partial charge in [-0.25, -0.2) is 9.97 Å². The zero-order chi connectivity index (χ0) is 20.5. The van der Waals surface area contributed by atoms with Crippen LogP contribution in [0.4, 0.5) is 0 Å². The molecule has 0 unspecified atom stereocenters. The van der Waals surface area contributed by atoms with Crippen LogP contribution in [0.5, 0.6) is 0 Å². The average molecular weight is 412 g/mol. The molecule has 29 heavy (non-hydrogen) atoms. The number of fused-ring (bicyclic) bond motifs is 1. The number of rotatable bonds is 5. The number of piperidine rings is 1. The van der Waals surface area contributed by atoms with Crippen LogP contribution in [-0.4, -0.2) is 38.3 Å². The summed E-state index contributed by atoms with van der Waals surface area (Å²) in [5.74, 6) is 0.0536. The quantitative estimate of drug-likeness (QED) is 0.684. The molecule has 3 aromatic heterocycles. The van der Waals surface area contributed by atoms with Crippen molar-refractivity contribution in [3.05, 3.63) is 50.9 Å². The van der Waals surface area contributed by atoms with Crippen LogP contribution in [0.3, 0.4) is 0 Å². The molecule has 0 spiro atoms. The second-order valence-electron chi connectivity index (χ2n) is 7.92. The van der Waals surface area contributed by atoms with Crippen LogP contribution >= 0.6 is 11.3 Å². The SMILES string of the molecule is Cc1nc([C@H](C)NCc2c(C(=O)N3CCCCC3)nc3c(C)cccn23)c(C)s1. The molecule has 4 heterocycles. The number of aryl methyl sites for hydroxylation is 3. The molecule has 0 saturated carbocycles. The number of amides is 1. The second kappa shape index (κ2) is 8.24. The van der Waals surface area contributed by atoms with Gasteiger partial charge >= 0.3 is 0 Å². The fraction of sp³-hybridized carbons (Fsp3) is 0.500. The summed E-state index contributed by atoms with van der Waals surface area (Å²) in [6.45, 7) is 10.5. The van der Waals surface area contributed by atoms with Crippen molar-refractivity contribution in [2.75, 3.05) is 13.1 Å². The number of nitrogens with zero attached hydrogens (tertiary/aromatic N) is 4. The predicted molar refractivity (Wildman–Crippen MR) is 117 cm³/mol. The standard InChI is InChI=1S/C22H29N5OS/c1-14-9-8-12-27-18(13-23-15(2)19-16(3)29-17(4)24-19)20(25-21(14)27)22(28)26-10-6-5-7-11-26/h8-9,12,15,23H,5-7,10-11,13H2,1-4H3/t15-/m0/s1. The van der Waals surface area contributed by atoms with E-state index < -0.39 is 0 Å². The van der Waals surface area contributed by atoms with Crippen molar-refractivity contribution in [3.8, 4) is 0 Å². The van der Waals surface area contributed by atoms with Crippen LogP contribution in [-0.2, 0) is 6.54 Å². The van der Waals surface area contributed by atoms with Crippen molar-refractivity contribution in [1.29, 1.82) is 0 Å². The molecule has 0 aromatic carbocycles. The van der Waals surface area contributed by atoms with Crippen molar-refractivity contribution in [3.63, 3.8) is 0 Å². The highest BCUT2D eigenvalue weighted by molar-refractivity contribution is 7.11. The minimum absolute atomic E-state index is 0.0536. The summed E-state index contributed by atoms with van der Waals surface area (Å²) in [5, 5.41) is 4.66. The highest BCUT2D eigenvalue weighted by atomic mass is 32.1. The van der Waals surface area contributed by atoms with Crippen LogP contribution in [0.1, 0.15) is 69.6 Å². The monoisotopic (exact) mass is 411 g/mol. The fourth-order valence-corrected chi connectivity index (χ4v) is 5.05. The Morgan fingerprint density at radius 1 is 1.21 bits per heavy atom. The van der Waals surface area contributed by atoms with Crippen LogP contribution in [0.25, 0.3) is 5.65 Å². The molecule has 3 aromatic rings. The molecule has 1 atom stereocenters. The van der Waals surface area contributed by atoms with E-state index in [4.69, 9.17) is 4.98 Å². The van der Waals surface area contributed by atoms with Crippen LogP contribution in [0.15, 0.2) is 18.3 Å². The van der Waals surface area contributed by atoms with Gasteiger partial charge in [0.15, 0.2) is 5.69 Å². The van der Waals surface area contributed by atoms with E-state index in [-0.39, 0.29) is 11.9 Å². The highest BCUT2D eigenvalue weighted by Gasteiger charge is 2.26. The minimum Gasteiger partial charge on any atom is -0.337 e. The number of likely N-dealkylation sites (tertiary alicyclic amines) is 1. The van der Waals surface area contributed by atoms with E-state index in [2.05, 4.69) is 28.5 Å². The summed E-state index contributed by atoms with van der Waals surface area (Å²) in [6.07, 6.45) is 5.35. The van der Waals surface area contributed by atoms with E-state index >= 15 is 0 Å². The lowest BCUT2D eigenvalue weighted by atomic mass is 10.1. The molecule has 7 heteroatoms. The Kier molecular flexibility index (Phi) is 5.69. The Morgan fingerprint density at radius 2 is 1.97 bits per heavy atom. The Morgan fingerprint density at radius 3 is 2.66 bits per heavy atom. The number of thiazole rings is 1. The van der Waals surface area contributed by atoms with Gasteiger partial charge in [-0.05, 0) is 58.6 Å². The number of carbonyl (C=O) groups is 1. The van der Waals surface area contributed by atoms with E-state index in [0.717, 1.165) is 53.5 Å². The summed E-state index contributed by atoms with van der Waals surface area (Å²) < 4.78 is 2.06. The van der Waals surface area contributed by atoms with Gasteiger partial charge in [-0.15, -0.1) is 11.3 Å². The topological polar surface area (TPSA) is 62.5 Å². The third-order valence-electron chi connectivity index (χ3n) is 5.72. The zero-order valence-electron chi connectivity index (χ0n) is 17.7. The molecule has 1 N–H and O–H groups in total. The normalized spacial score (nSPS) is 15.8. The van der Waals surface area contributed by atoms with E-state index in [0.29, 0.717) is 12.2 Å². The maximum absolute atomic E-state index is 13.3. The second-order valence-corrected chi connectivity index (χ2v) is 9.33. The fourth-order valence-electron chi connectivity index (χ4n) is 4.13. The first-order valence-corrected chi connectivity index (χ1v) is 11.2. The first kappa shape index (κ1) is 20.0. The molecule has 0 bridgehead atoms. The maximum atomic E-state index is 13.3. The first-order chi connectivity index (χ1) is 14.0. The third kappa shape index (κ3) is 3.94. The van der Waals surface area contributed by atoms with Gasteiger partial charge in [0.1, 0.15) is 5.65 Å². The van der Waals surface area contributed by atoms with Gasteiger partial charge < -0.3 is 14.6 Å². The summed E-state index contributed by atoms with van der Waals surface area (Å²) in [4.78, 5) is 25.9. The average Bonchev–Trinajstić information content (AvgIpc) is 3.26. The van der Waals surface area contributed by atoms with E-state index in [9.17, 15) is 4.79 Å². The molecule has 4 rings (SSSR count). The number of hydrogen-bond donors (Lipinski definition) is 1. The Balaban J connectivity index is 1.65. The lowest BCUT2D eigenvalue weighted by molar-refractivity contribution is 0.0717. The van der Waals surface area contributed by atoms with Crippen molar-refractivity contribution >= 4 is 22.9 Å². The van der Waals surface area contributed by atoms with Crippen LogP contribution in [0, 0.1) is 20.8 Å². The first-order valence-electron chi connectivity index (χ1n) is 10.4. The molecule has 1 saturated heterocycles. The Bertz CT molecular complexity index is 1030. The Hall–Kier alpha value is -2.25. The molecule has 0 radical (unpaired) electrons. The smallest absolute Gasteiger partial charge is 0.274 e. The largest absolute Gasteiger partial charge is 0.337 e. The zero-order valence-corrected chi connectivity index (χ0v) is 18.5. The van der Waals surface area contributed by atoms with Crippen molar-refractivity contribution < 1.29 is 4.79 Å². The highest BCUT2D eigenvalue weighted by Crippen LogP contribution is 2.24. The molecule has 6 nitrogen and oxygen atoms in total. The molecule has 154 valence electrons. The van der Waals surface area contributed by atoms with Crippen molar-refractivity contribution in [2.45, 2.75) is 59.5 Å². The van der Waals surface area contributed by atoms with Crippen LogP contribution in [0.2, 0.25) is 0 Å². The Labute approximate surface area is 176 Å². The molecular weight excluding hydrogens is 382 g/mol. The van der Waals surface area contributed by atoms with E-state index in [1.807, 2.05) is 37.1 Å². The van der Waals surface area contributed by atoms with Crippen molar-refractivity contribution in [1.82, 2.24) is 24.6 Å². The number of pyridine rings is 1. The van der Waals surface area contributed by atoms with Crippen molar-refractivity contribution in [2.24, 2.45) is 0 Å². The number of nitrogens with one attached hydrogen (secondary N) is 1.